The van der Waals surface area contributed by atoms with E-state index in [-0.39, 0.29) is 92.2 Å². The second kappa shape index (κ2) is 26.6. The maximum Gasteiger partial charge on any atom is 0.285 e. The van der Waals surface area contributed by atoms with Gasteiger partial charge in [-0.05, 0) is 98.0 Å². The molecule has 464 valence electrons. The molecular weight excluding hydrogens is 1150 g/mol. The maximum absolute atomic E-state index is 12.0. The summed E-state index contributed by atoms with van der Waals surface area (Å²) in [5, 5.41) is 65.2. The van der Waals surface area contributed by atoms with E-state index in [2.05, 4.69) is 68.4 Å². The molecule has 24 heteroatoms. The van der Waals surface area contributed by atoms with Crippen LogP contribution >= 0.6 is 0 Å². The van der Waals surface area contributed by atoms with Gasteiger partial charge in [0.05, 0.1) is 42.1 Å². The highest BCUT2D eigenvalue weighted by molar-refractivity contribution is 6.35. The normalized spacial score (nSPS) is 15.8. The molecular formula is C65H65N5O19. The van der Waals surface area contributed by atoms with Crippen molar-refractivity contribution in [2.75, 3.05) is 14.2 Å². The molecule has 0 fully saturated rings. The summed E-state index contributed by atoms with van der Waals surface area (Å²) in [5.74, 6) is -6.74. The Bertz CT molecular complexity index is 3800. The molecule has 0 atom stereocenters. The number of para-hydroxylation sites is 1. The van der Waals surface area contributed by atoms with Crippen LogP contribution in [0.25, 0.3) is 27.9 Å². The smallest absolute Gasteiger partial charge is 0.285 e. The van der Waals surface area contributed by atoms with Gasteiger partial charge in [0.2, 0.25) is 0 Å². The van der Waals surface area contributed by atoms with Crippen molar-refractivity contribution in [3.05, 3.63) is 184 Å². The first-order valence-corrected chi connectivity index (χ1v) is 26.9. The summed E-state index contributed by atoms with van der Waals surface area (Å²) < 4.78 is 9.95. The SMILES string of the molecule is CC(C)(C)c1cc(C2=CC(=O)N(O)C2=O)cc(C(C)(C)C)c1.CC(C)(C)c1ccc(C2=CC(=O)N(O)C2=O)cc1.COc1ccc(C2=CC(=O)N(O)C2=O)cc1C.COc1ccc(C2=CC(=O)N(O)C2=O)cc1O.O=C1C=C(c2ccccc2O)C(=O)N1O. The zero-order valence-corrected chi connectivity index (χ0v) is 50.5. The van der Waals surface area contributed by atoms with Crippen molar-refractivity contribution in [2.24, 2.45) is 0 Å². The zero-order valence-electron chi connectivity index (χ0n) is 50.5. The van der Waals surface area contributed by atoms with Gasteiger partial charge in [-0.25, -0.2) is 0 Å². The molecule has 5 aromatic rings. The van der Waals surface area contributed by atoms with Gasteiger partial charge in [0.15, 0.2) is 11.5 Å². The molecule has 0 saturated heterocycles. The Hall–Kier alpha value is -10.5. The number of ether oxygens (including phenoxy) is 2. The number of hydrogen-bond acceptors (Lipinski definition) is 19. The van der Waals surface area contributed by atoms with E-state index < -0.39 is 59.1 Å². The van der Waals surface area contributed by atoms with Gasteiger partial charge >= 0.3 is 0 Å². The lowest BCUT2D eigenvalue weighted by Crippen LogP contribution is -2.26. The van der Waals surface area contributed by atoms with Gasteiger partial charge in [-0.2, -0.15) is 0 Å². The van der Waals surface area contributed by atoms with Crippen LogP contribution in [0.2, 0.25) is 0 Å². The Labute approximate surface area is 510 Å². The fourth-order valence-corrected chi connectivity index (χ4v) is 8.73. The van der Waals surface area contributed by atoms with Crippen LogP contribution in [0, 0.1) is 6.92 Å². The van der Waals surface area contributed by atoms with Crippen molar-refractivity contribution in [1.29, 1.82) is 0 Å². The Morgan fingerprint density at radius 2 is 0.663 bits per heavy atom. The molecule has 0 aliphatic carbocycles. The number of phenols is 2. The Kier molecular flexibility index (Phi) is 20.2. The summed E-state index contributed by atoms with van der Waals surface area (Å²) in [4.78, 5) is 114. The van der Waals surface area contributed by atoms with Crippen molar-refractivity contribution in [3.63, 3.8) is 0 Å². The van der Waals surface area contributed by atoms with Gasteiger partial charge in [0.25, 0.3) is 59.1 Å². The molecule has 89 heavy (non-hydrogen) atoms. The molecule has 24 nitrogen and oxygen atoms in total. The zero-order chi connectivity index (χ0) is 66.5. The van der Waals surface area contributed by atoms with Gasteiger partial charge in [-0.1, -0.05) is 135 Å². The summed E-state index contributed by atoms with van der Waals surface area (Å²) in [6.07, 6.45) is 5.44. The lowest BCUT2D eigenvalue weighted by atomic mass is 9.79. The van der Waals surface area contributed by atoms with E-state index >= 15 is 0 Å². The summed E-state index contributed by atoms with van der Waals surface area (Å²) in [6, 6.07) is 28.9. The number of aryl methyl sites for hydroxylation is 1. The second-order valence-electron chi connectivity index (χ2n) is 23.3. The molecule has 0 aromatic heterocycles. The lowest BCUT2D eigenvalue weighted by molar-refractivity contribution is -0.169. The molecule has 0 saturated carbocycles. The summed E-state index contributed by atoms with van der Waals surface area (Å²) >= 11 is 0. The number of imide groups is 5. The van der Waals surface area contributed by atoms with E-state index in [1.54, 1.807) is 49.6 Å². The van der Waals surface area contributed by atoms with Crippen molar-refractivity contribution in [2.45, 2.75) is 85.5 Å². The minimum Gasteiger partial charge on any atom is -0.507 e. The number of hydroxylamine groups is 10. The molecule has 0 unspecified atom stereocenters. The fraction of sp³-hybridized carbons (Fsp3) is 0.231. The number of amides is 10. The van der Waals surface area contributed by atoms with Gasteiger partial charge in [-0.3, -0.25) is 74.0 Å². The molecule has 0 spiro atoms. The van der Waals surface area contributed by atoms with Gasteiger partial charge in [0, 0.05) is 35.9 Å². The van der Waals surface area contributed by atoms with Gasteiger partial charge in [-0.15, -0.1) is 25.3 Å². The number of nitrogens with zero attached hydrogens (tertiary/aromatic N) is 5. The van der Waals surface area contributed by atoms with Crippen LogP contribution in [0.4, 0.5) is 0 Å². The van der Waals surface area contributed by atoms with Crippen LogP contribution in [0.15, 0.2) is 134 Å². The topological polar surface area (TPSA) is 347 Å². The van der Waals surface area contributed by atoms with Crippen LogP contribution in [0.3, 0.4) is 0 Å². The highest BCUT2D eigenvalue weighted by Crippen LogP contribution is 2.36. The molecule has 5 aliphatic rings. The third kappa shape index (κ3) is 15.2. The van der Waals surface area contributed by atoms with Crippen LogP contribution in [-0.4, -0.2) is 135 Å². The number of carbonyl (C=O) groups excluding carboxylic acids is 10. The number of phenolic OH excluding ortho intramolecular Hbond substituents is 2. The molecule has 0 bridgehead atoms. The van der Waals surface area contributed by atoms with Crippen LogP contribution in [0.5, 0.6) is 23.0 Å². The number of hydrogen-bond donors (Lipinski definition) is 7. The van der Waals surface area contributed by atoms with Gasteiger partial charge in [0.1, 0.15) is 11.5 Å². The van der Waals surface area contributed by atoms with E-state index in [0.717, 1.165) is 46.6 Å². The van der Waals surface area contributed by atoms with Gasteiger partial charge < -0.3 is 19.7 Å². The number of rotatable bonds is 7. The number of aromatic hydroxyl groups is 2. The van der Waals surface area contributed by atoms with E-state index in [0.29, 0.717) is 28.0 Å². The molecule has 7 N–H and O–H groups in total. The Morgan fingerprint density at radius 1 is 0.337 bits per heavy atom. The average Bonchev–Trinajstić information content (AvgIpc) is 2.35. The Balaban J connectivity index is 0.000000178. The van der Waals surface area contributed by atoms with Crippen molar-refractivity contribution in [3.8, 4) is 23.0 Å². The standard InChI is InChI=1S/C18H23NO3.C14H15NO3.C12H11NO4.C11H9NO5.C10H7NO4/c1-17(2,3)12-7-11(8-13(9-12)18(4,5)6)14-10-15(20)19(22)16(14)21;1-14(2,3)10-6-4-9(5-7-10)11-8-12(16)15(18)13(11)17;1-7-5-8(3-4-10(7)17-2)9-6-11(14)13(16)12(9)15;1-17-9-3-2-6(4-8(9)13)7-5-10(14)12(16)11(7)15;12-8-4-2-1-3-6(8)7-5-9(13)11(15)10(7)14/h7-10,22H,1-6H3;4-8,18H,1-3H3;3-6,16H,1-2H3;2-5,13,16H,1H3;1-5,12,15H. The molecule has 5 aliphatic heterocycles. The van der Waals surface area contributed by atoms with Crippen molar-refractivity contribution < 1.29 is 93.7 Å². The summed E-state index contributed by atoms with van der Waals surface area (Å²) in [6.45, 7) is 20.8. The van der Waals surface area contributed by atoms with Crippen LogP contribution in [-0.2, 0) is 64.2 Å². The first-order chi connectivity index (χ1) is 41.4. The molecule has 5 aromatic carbocycles. The predicted molar refractivity (Wildman–Crippen MR) is 318 cm³/mol. The molecule has 5 heterocycles. The Morgan fingerprint density at radius 3 is 0.989 bits per heavy atom. The lowest BCUT2D eigenvalue weighted by Gasteiger charge is -2.26. The summed E-state index contributed by atoms with van der Waals surface area (Å²) in [7, 11) is 2.95. The highest BCUT2D eigenvalue weighted by atomic mass is 16.5. The number of methoxy groups -OCH3 is 2. The molecule has 0 radical (unpaired) electrons. The quantitative estimate of drug-likeness (QED) is 0.0604. The van der Waals surface area contributed by atoms with E-state index in [9.17, 15) is 63.4 Å². The number of benzene rings is 5. The first kappa shape index (κ1) is 67.6. The minimum absolute atomic E-state index is 0.0133. The third-order valence-electron chi connectivity index (χ3n) is 13.9. The van der Waals surface area contributed by atoms with E-state index in [1.807, 2.05) is 31.2 Å². The minimum atomic E-state index is -0.832. The second-order valence-corrected chi connectivity index (χ2v) is 23.3. The fourth-order valence-electron chi connectivity index (χ4n) is 8.73. The van der Waals surface area contributed by atoms with E-state index in [1.165, 1.54) is 43.5 Å². The van der Waals surface area contributed by atoms with Crippen LogP contribution < -0.4 is 9.47 Å². The monoisotopic (exact) mass is 1220 g/mol. The largest absolute Gasteiger partial charge is 0.507 e. The van der Waals surface area contributed by atoms with Crippen molar-refractivity contribution in [1.82, 2.24) is 25.3 Å². The maximum atomic E-state index is 12.0. The number of carbonyl (C=O) groups is 10. The van der Waals surface area contributed by atoms with Crippen molar-refractivity contribution >= 4 is 86.9 Å². The first-order valence-electron chi connectivity index (χ1n) is 26.9. The predicted octanol–water partition coefficient (Wildman–Crippen LogP) is 7.77. The third-order valence-corrected chi connectivity index (χ3v) is 13.9. The molecule has 10 rings (SSSR count). The summed E-state index contributed by atoms with van der Waals surface area (Å²) in [5.41, 5.74) is 7.15. The highest BCUT2D eigenvalue weighted by Gasteiger charge is 2.36. The average molecular weight is 1220 g/mol. The van der Waals surface area contributed by atoms with E-state index in [4.69, 9.17) is 30.3 Å². The molecule has 10 amide bonds. The van der Waals surface area contributed by atoms with Crippen LogP contribution in [0.1, 0.15) is 112 Å².